The number of carboxylic acid groups (broad SMARTS) is 1. The average molecular weight is 333 g/mol. The van der Waals surface area contributed by atoms with Crippen molar-refractivity contribution in [2.45, 2.75) is 72.6 Å². The van der Waals surface area contributed by atoms with Crippen molar-refractivity contribution in [1.29, 1.82) is 0 Å². The third-order valence-electron chi connectivity index (χ3n) is 4.22. The summed E-state index contributed by atoms with van der Waals surface area (Å²) in [5.41, 5.74) is 1.39. The van der Waals surface area contributed by atoms with Gasteiger partial charge in [-0.15, -0.1) is 0 Å². The molecule has 1 aliphatic carbocycles. The first kappa shape index (κ1) is 22.4. The van der Waals surface area contributed by atoms with Crippen molar-refractivity contribution in [3.8, 4) is 0 Å². The van der Waals surface area contributed by atoms with Gasteiger partial charge in [0.15, 0.2) is 0 Å². The number of unbranched alkanes of at least 4 members (excludes halogenated alkanes) is 1. The molecule has 0 aromatic heterocycles. The highest BCUT2D eigenvalue weighted by Gasteiger charge is 2.26. The van der Waals surface area contributed by atoms with Crippen LogP contribution in [-0.4, -0.2) is 11.1 Å². The van der Waals surface area contributed by atoms with E-state index in [9.17, 15) is 4.79 Å². The molecule has 0 unspecified atom stereocenters. The number of benzene rings is 1. The van der Waals surface area contributed by atoms with E-state index in [1.165, 1.54) is 12.0 Å². The Balaban J connectivity index is 0.00000123. The molecule has 0 radical (unpaired) electrons. The van der Waals surface area contributed by atoms with Crippen molar-refractivity contribution in [2.24, 2.45) is 11.8 Å². The van der Waals surface area contributed by atoms with Gasteiger partial charge in [-0.25, -0.2) is 0 Å². The molecule has 0 bridgehead atoms. The molecule has 1 aliphatic rings. The molecule has 2 atom stereocenters. The summed E-state index contributed by atoms with van der Waals surface area (Å²) < 4.78 is 0. The first-order valence-corrected chi connectivity index (χ1v) is 9.68. The Morgan fingerprint density at radius 1 is 1.12 bits per heavy atom. The normalized spacial score (nSPS) is 19.2. The number of hydrogen-bond acceptors (Lipinski definition) is 1. The summed E-state index contributed by atoms with van der Waals surface area (Å²) in [6.45, 7) is 8.00. The van der Waals surface area contributed by atoms with Crippen LogP contribution in [0.5, 0.6) is 0 Å². The summed E-state index contributed by atoms with van der Waals surface area (Å²) in [4.78, 5) is 10.8. The van der Waals surface area contributed by atoms with Crippen molar-refractivity contribution in [3.63, 3.8) is 0 Å². The fourth-order valence-electron chi connectivity index (χ4n) is 3.14. The fourth-order valence-corrected chi connectivity index (χ4v) is 3.14. The summed E-state index contributed by atoms with van der Waals surface area (Å²) in [7, 11) is 0. The van der Waals surface area contributed by atoms with Crippen LogP contribution >= 0.6 is 0 Å². The highest BCUT2D eigenvalue weighted by molar-refractivity contribution is 5.67. The lowest BCUT2D eigenvalue weighted by molar-refractivity contribution is -0.138. The van der Waals surface area contributed by atoms with Crippen molar-refractivity contribution >= 4 is 5.97 Å². The van der Waals surface area contributed by atoms with Gasteiger partial charge in [-0.2, -0.15) is 0 Å². The van der Waals surface area contributed by atoms with Gasteiger partial charge in [0.2, 0.25) is 0 Å². The van der Waals surface area contributed by atoms with E-state index >= 15 is 0 Å². The van der Waals surface area contributed by atoms with E-state index in [4.69, 9.17) is 5.11 Å². The van der Waals surface area contributed by atoms with Gasteiger partial charge in [-0.1, -0.05) is 76.6 Å². The lowest BCUT2D eigenvalue weighted by Crippen LogP contribution is -2.10. The lowest BCUT2D eigenvalue weighted by atomic mass is 9.92. The largest absolute Gasteiger partial charge is 0.481 e. The highest BCUT2D eigenvalue weighted by Crippen LogP contribution is 2.35. The molecular weight excluding hydrogens is 296 g/mol. The predicted molar refractivity (Wildman–Crippen MR) is 104 cm³/mol. The highest BCUT2D eigenvalue weighted by atomic mass is 16.4. The third kappa shape index (κ3) is 9.54. The first-order valence-electron chi connectivity index (χ1n) is 9.68. The van der Waals surface area contributed by atoms with Crippen LogP contribution in [0.3, 0.4) is 0 Å². The molecule has 2 nitrogen and oxygen atoms in total. The van der Waals surface area contributed by atoms with E-state index in [2.05, 4.69) is 36.4 Å². The van der Waals surface area contributed by atoms with Crippen molar-refractivity contribution in [2.75, 3.05) is 0 Å². The molecular formula is C22H36O2. The molecule has 0 spiro atoms. The maximum atomic E-state index is 10.8. The summed E-state index contributed by atoms with van der Waals surface area (Å²) >= 11 is 0. The zero-order valence-corrected chi connectivity index (χ0v) is 16.0. The Hall–Kier alpha value is -1.57. The van der Waals surface area contributed by atoms with Gasteiger partial charge in [-0.3, -0.25) is 4.79 Å². The zero-order valence-electron chi connectivity index (χ0n) is 16.0. The molecule has 1 saturated carbocycles. The van der Waals surface area contributed by atoms with Gasteiger partial charge in [0, 0.05) is 6.42 Å². The number of carboxylic acids is 1. The molecule has 0 saturated heterocycles. The Bertz CT molecular complexity index is 437. The van der Waals surface area contributed by atoms with Gasteiger partial charge in [0.25, 0.3) is 0 Å². The lowest BCUT2D eigenvalue weighted by Gasteiger charge is -2.13. The standard InChI is InChI=1S/C18H24O2.2C2H6/c19-18(20)14-17-13-7-12-16(17)11-6-2-5-10-15-8-3-1-4-9-15;2*1-2/h1,3-4,6,8-9,11,16-17H,2,5,7,10,12-14H2,(H,19,20);2*1-2H3/b11-6+;;/t16-,17+;;/m0../s1. The Kier molecular flexibility index (Phi) is 14.0. The smallest absolute Gasteiger partial charge is 0.303 e. The molecule has 1 aromatic rings. The average Bonchev–Trinajstić information content (AvgIpc) is 3.05. The van der Waals surface area contributed by atoms with Gasteiger partial charge in [0.05, 0.1) is 0 Å². The van der Waals surface area contributed by atoms with E-state index in [1.54, 1.807) is 0 Å². The predicted octanol–water partition coefficient (Wildman–Crippen LogP) is 6.51. The molecule has 2 rings (SSSR count). The van der Waals surface area contributed by atoms with E-state index < -0.39 is 5.97 Å². The second kappa shape index (κ2) is 15.0. The summed E-state index contributed by atoms with van der Waals surface area (Å²) in [5.74, 6) is 0.195. The minimum Gasteiger partial charge on any atom is -0.481 e. The van der Waals surface area contributed by atoms with E-state index in [-0.39, 0.29) is 0 Å². The Morgan fingerprint density at radius 3 is 2.42 bits per heavy atom. The van der Waals surface area contributed by atoms with Crippen LogP contribution in [0.1, 0.15) is 71.8 Å². The maximum absolute atomic E-state index is 10.8. The molecule has 136 valence electrons. The van der Waals surface area contributed by atoms with Crippen LogP contribution in [0.4, 0.5) is 0 Å². The van der Waals surface area contributed by atoms with Gasteiger partial charge in [0.1, 0.15) is 0 Å². The second-order valence-electron chi connectivity index (χ2n) is 5.76. The molecule has 24 heavy (non-hydrogen) atoms. The monoisotopic (exact) mass is 332 g/mol. The van der Waals surface area contributed by atoms with Gasteiger partial charge >= 0.3 is 5.97 Å². The van der Waals surface area contributed by atoms with Crippen molar-refractivity contribution in [1.82, 2.24) is 0 Å². The van der Waals surface area contributed by atoms with E-state index in [1.807, 2.05) is 33.8 Å². The number of rotatable bonds is 7. The molecule has 1 aromatic carbocycles. The van der Waals surface area contributed by atoms with Crippen LogP contribution in [0.25, 0.3) is 0 Å². The van der Waals surface area contributed by atoms with Crippen LogP contribution in [0.15, 0.2) is 42.5 Å². The number of hydrogen-bond donors (Lipinski definition) is 1. The van der Waals surface area contributed by atoms with Crippen LogP contribution in [0, 0.1) is 11.8 Å². The molecule has 0 amide bonds. The van der Waals surface area contributed by atoms with Crippen LogP contribution in [0.2, 0.25) is 0 Å². The number of aliphatic carboxylic acids is 1. The molecule has 1 N–H and O–H groups in total. The minimum absolute atomic E-state index is 0.332. The third-order valence-corrected chi connectivity index (χ3v) is 4.22. The minimum atomic E-state index is -0.653. The molecule has 2 heteroatoms. The number of allylic oxidation sites excluding steroid dienone is 2. The number of carbonyl (C=O) groups is 1. The Labute approximate surface area is 149 Å². The SMILES string of the molecule is CC.CC.O=C(O)C[C@H]1CCC[C@@H]1/C=C/CCCc1ccccc1. The first-order chi connectivity index (χ1) is 11.8. The van der Waals surface area contributed by atoms with Gasteiger partial charge in [-0.05, 0) is 49.5 Å². The van der Waals surface area contributed by atoms with Crippen LogP contribution < -0.4 is 0 Å². The second-order valence-corrected chi connectivity index (χ2v) is 5.76. The van der Waals surface area contributed by atoms with Gasteiger partial charge < -0.3 is 5.11 Å². The summed E-state index contributed by atoms with van der Waals surface area (Å²) in [5, 5.41) is 8.90. The summed E-state index contributed by atoms with van der Waals surface area (Å²) in [6.07, 6.45) is 11.6. The molecule has 0 aliphatic heterocycles. The zero-order chi connectivity index (χ0) is 18.2. The Morgan fingerprint density at radius 2 is 1.79 bits per heavy atom. The molecule has 0 heterocycles. The van der Waals surface area contributed by atoms with E-state index in [0.717, 1.165) is 32.1 Å². The quantitative estimate of drug-likeness (QED) is 0.456. The molecule has 1 fully saturated rings. The summed E-state index contributed by atoms with van der Waals surface area (Å²) in [6, 6.07) is 10.6. The van der Waals surface area contributed by atoms with Crippen molar-refractivity contribution < 1.29 is 9.90 Å². The maximum Gasteiger partial charge on any atom is 0.303 e. The number of aryl methyl sites for hydroxylation is 1. The van der Waals surface area contributed by atoms with E-state index in [0.29, 0.717) is 18.3 Å². The van der Waals surface area contributed by atoms with Crippen LogP contribution in [-0.2, 0) is 11.2 Å². The fraction of sp³-hybridized carbons (Fsp3) is 0.591. The van der Waals surface area contributed by atoms with Crippen molar-refractivity contribution in [3.05, 3.63) is 48.0 Å². The topological polar surface area (TPSA) is 37.3 Å².